The quantitative estimate of drug-likeness (QED) is 0.266. The molecule has 0 aromatic heterocycles. The second kappa shape index (κ2) is 39.2. The summed E-state index contributed by atoms with van der Waals surface area (Å²) >= 11 is 0. The van der Waals surface area contributed by atoms with Gasteiger partial charge in [-0.1, -0.05) is 77.6 Å². The van der Waals surface area contributed by atoms with Crippen LogP contribution in [-0.4, -0.2) is 31.1 Å². The fraction of sp³-hybridized carbons (Fsp3) is 0.692. The minimum absolute atomic E-state index is 0. The molecule has 4 rings (SSSR count). The SMILES string of the molecule is CC1=CC[C-]=C1.CC1=CC[C-]=C1.C[SiH]C.C[SiH]C.[Cl-].[Cl-].[Hf].[Hf].[NH-]C1CCCC1.[NH-]C1CCCC1. The Balaban J connectivity index is -0.0000000690. The van der Waals surface area contributed by atoms with E-state index in [-0.39, 0.29) is 76.5 Å². The molecule has 2 radical (unpaired) electrons. The molecule has 4 aliphatic carbocycles. The van der Waals surface area contributed by atoms with Crippen molar-refractivity contribution < 1.29 is 76.5 Å². The van der Waals surface area contributed by atoms with Crippen LogP contribution in [0.2, 0.25) is 26.2 Å². The Morgan fingerprint density at radius 2 is 0.882 bits per heavy atom. The van der Waals surface area contributed by atoms with Crippen molar-refractivity contribution in [3.63, 3.8) is 0 Å². The molecule has 0 aliphatic heterocycles. The van der Waals surface area contributed by atoms with Crippen LogP contribution in [0.4, 0.5) is 0 Å². The Labute approximate surface area is 268 Å². The third-order valence-corrected chi connectivity index (χ3v) is 4.45. The molecule has 0 bridgehead atoms. The van der Waals surface area contributed by atoms with Crippen LogP contribution in [0.15, 0.2) is 35.5 Å². The number of hydrogen-bond donors (Lipinski definition) is 0. The fourth-order valence-electron chi connectivity index (χ4n) is 2.85. The Kier molecular flexibility index (Phi) is 56.0. The van der Waals surface area contributed by atoms with Crippen LogP contribution < -0.4 is 24.8 Å². The first-order chi connectivity index (χ1) is 14.4. The van der Waals surface area contributed by atoms with Crippen molar-refractivity contribution in [1.82, 2.24) is 0 Å². The Morgan fingerprint density at radius 1 is 0.647 bits per heavy atom. The minimum atomic E-state index is 0. The predicted molar refractivity (Wildman–Crippen MR) is 143 cm³/mol. The van der Waals surface area contributed by atoms with Crippen molar-refractivity contribution in [3.8, 4) is 0 Å². The molecule has 0 atom stereocenters. The van der Waals surface area contributed by atoms with Gasteiger partial charge >= 0.3 is 0 Å². The smallest absolute Gasteiger partial charge is 0.0213 e. The molecule has 2 N–H and O–H groups in total. The molecular weight excluding hydrogens is 824 g/mol. The molecule has 2 fully saturated rings. The number of hydrogen-bond acceptors (Lipinski definition) is 0. The molecule has 0 spiro atoms. The van der Waals surface area contributed by atoms with Crippen LogP contribution >= 0.6 is 0 Å². The van der Waals surface area contributed by atoms with E-state index in [1.54, 1.807) is 0 Å². The first-order valence-corrected chi connectivity index (χ1v) is 16.4. The van der Waals surface area contributed by atoms with E-state index < -0.39 is 0 Å². The molecule has 2 nitrogen and oxygen atoms in total. The van der Waals surface area contributed by atoms with Crippen molar-refractivity contribution >= 4 is 19.0 Å². The summed E-state index contributed by atoms with van der Waals surface area (Å²) in [5.41, 5.74) is 16.9. The number of halogens is 2. The summed E-state index contributed by atoms with van der Waals surface area (Å²) in [6, 6.07) is 0.593. The van der Waals surface area contributed by atoms with E-state index in [9.17, 15) is 0 Å². The predicted octanol–water partition coefficient (Wildman–Crippen LogP) is 2.40. The van der Waals surface area contributed by atoms with Crippen molar-refractivity contribution in [2.75, 3.05) is 0 Å². The van der Waals surface area contributed by atoms with Crippen LogP contribution in [0.1, 0.15) is 78.1 Å². The second-order valence-electron chi connectivity index (χ2n) is 8.12. The van der Waals surface area contributed by atoms with Gasteiger partial charge in [-0.3, -0.25) is 12.2 Å². The number of nitrogens with one attached hydrogen (secondary N) is 2. The van der Waals surface area contributed by atoms with E-state index in [0.717, 1.165) is 57.6 Å². The molecule has 2 saturated carbocycles. The third-order valence-electron chi connectivity index (χ3n) is 4.45. The molecular formula is C26H48Cl2Hf2N2Si2-6. The van der Waals surface area contributed by atoms with E-state index in [0.29, 0.717) is 12.1 Å². The monoisotopic (exact) mass is 874 g/mol. The van der Waals surface area contributed by atoms with Gasteiger partial charge in [0.15, 0.2) is 0 Å². The van der Waals surface area contributed by atoms with Gasteiger partial charge in [0.05, 0.1) is 0 Å². The van der Waals surface area contributed by atoms with Crippen molar-refractivity contribution in [2.45, 2.75) is 116 Å². The van der Waals surface area contributed by atoms with Gasteiger partial charge in [0.25, 0.3) is 0 Å². The standard InChI is InChI=1S/2C6H7.2C5H10N.2C2H7Si.2ClH.2Hf/c2*1-6-4-2-3-5-6;2*6-5-3-1-2-4-5;2*1-3-2;;;;/h2*4-5H,2H2,1H3;2*5-6H,1-4H2;2*3H,1-2H3;2*1H;;/q4*-1;;;;;;/p-2. The zero-order valence-electron chi connectivity index (χ0n) is 22.4. The van der Waals surface area contributed by atoms with E-state index >= 15 is 0 Å². The van der Waals surface area contributed by atoms with E-state index in [1.807, 2.05) is 12.2 Å². The van der Waals surface area contributed by atoms with Gasteiger partial charge in [0.2, 0.25) is 0 Å². The molecule has 0 aromatic rings. The number of rotatable bonds is 0. The fourth-order valence-corrected chi connectivity index (χ4v) is 2.85. The molecule has 34 heavy (non-hydrogen) atoms. The zero-order valence-corrected chi connectivity index (χ0v) is 33.5. The maximum absolute atomic E-state index is 7.13. The minimum Gasteiger partial charge on any atom is -1.00 e. The van der Waals surface area contributed by atoms with Crippen molar-refractivity contribution in [2.24, 2.45) is 0 Å². The Hall–Kier alpha value is 1.63. The average molecular weight is 873 g/mol. The van der Waals surface area contributed by atoms with E-state index in [4.69, 9.17) is 11.5 Å². The molecule has 0 unspecified atom stereocenters. The molecule has 0 saturated heterocycles. The van der Waals surface area contributed by atoms with Gasteiger partial charge < -0.3 is 36.3 Å². The largest absolute Gasteiger partial charge is 1.00 e. The second-order valence-corrected chi connectivity index (χ2v) is 10.4. The Morgan fingerprint density at radius 3 is 0.941 bits per heavy atom. The maximum Gasteiger partial charge on any atom is 0.0213 e. The normalized spacial score (nSPS) is 16.6. The van der Waals surface area contributed by atoms with E-state index in [1.165, 1.54) is 36.8 Å². The summed E-state index contributed by atoms with van der Waals surface area (Å²) in [5, 5.41) is 0. The van der Waals surface area contributed by atoms with Crippen molar-refractivity contribution in [1.29, 1.82) is 0 Å². The van der Waals surface area contributed by atoms with Crippen LogP contribution in [0, 0.1) is 12.2 Å². The van der Waals surface area contributed by atoms with Crippen LogP contribution in [0.25, 0.3) is 11.5 Å². The maximum atomic E-state index is 7.13. The summed E-state index contributed by atoms with van der Waals surface area (Å²) in [4.78, 5) is 0. The summed E-state index contributed by atoms with van der Waals surface area (Å²) in [7, 11) is 1.50. The topological polar surface area (TPSA) is 47.6 Å². The first kappa shape index (κ1) is 48.7. The summed E-state index contributed by atoms with van der Waals surface area (Å²) < 4.78 is 0. The van der Waals surface area contributed by atoms with Gasteiger partial charge in [-0.05, 0) is 0 Å². The third kappa shape index (κ3) is 40.8. The van der Waals surface area contributed by atoms with Crippen LogP contribution in [0.5, 0.6) is 0 Å². The van der Waals surface area contributed by atoms with Crippen molar-refractivity contribution in [3.05, 3.63) is 59.1 Å². The van der Waals surface area contributed by atoms with E-state index in [2.05, 4.69) is 64.3 Å². The molecule has 0 heterocycles. The van der Waals surface area contributed by atoms with Crippen LogP contribution in [-0.2, 0) is 51.7 Å². The molecule has 0 aromatic carbocycles. The van der Waals surface area contributed by atoms with Gasteiger partial charge in [-0.25, -0.2) is 23.3 Å². The molecule has 0 amide bonds. The van der Waals surface area contributed by atoms with Crippen LogP contribution in [0.3, 0.4) is 0 Å². The van der Waals surface area contributed by atoms with Gasteiger partial charge in [0.1, 0.15) is 0 Å². The average Bonchev–Trinajstić information content (AvgIpc) is 3.49. The summed E-state index contributed by atoms with van der Waals surface area (Å²) in [6.45, 7) is 13.0. The molecule has 4 aliphatic rings. The van der Waals surface area contributed by atoms with Gasteiger partial charge in [-0.15, -0.1) is 38.8 Å². The summed E-state index contributed by atoms with van der Waals surface area (Å²) in [6.07, 6.45) is 26.3. The van der Waals surface area contributed by atoms with Gasteiger partial charge in [0, 0.05) is 70.7 Å². The number of allylic oxidation sites excluding steroid dienone is 8. The Bertz CT molecular complexity index is 442. The zero-order chi connectivity index (χ0) is 23.0. The molecule has 198 valence electrons. The van der Waals surface area contributed by atoms with Gasteiger partial charge in [-0.2, -0.15) is 12.2 Å². The summed E-state index contributed by atoms with van der Waals surface area (Å²) in [5.74, 6) is 0. The first-order valence-electron chi connectivity index (χ1n) is 11.8. The molecule has 8 heteroatoms.